The van der Waals surface area contributed by atoms with Crippen LogP contribution < -0.4 is 4.74 Å². The molecule has 21 heavy (non-hydrogen) atoms. The van der Waals surface area contributed by atoms with Crippen molar-refractivity contribution in [2.45, 2.75) is 39.0 Å². The maximum absolute atomic E-state index is 13.6. The molecule has 2 rings (SSSR count). The molecule has 1 aliphatic carbocycles. The monoisotopic (exact) mass is 314 g/mol. The molecule has 3 nitrogen and oxygen atoms in total. The van der Waals surface area contributed by atoms with Crippen LogP contribution in [0.5, 0.6) is 5.75 Å². The van der Waals surface area contributed by atoms with E-state index in [9.17, 15) is 12.8 Å². The zero-order valence-corrected chi connectivity index (χ0v) is 13.3. The van der Waals surface area contributed by atoms with E-state index in [4.69, 9.17) is 4.74 Å². The summed E-state index contributed by atoms with van der Waals surface area (Å²) in [7, 11) is -3.02. The Kier molecular flexibility index (Phi) is 5.62. The van der Waals surface area contributed by atoms with Gasteiger partial charge in [-0.3, -0.25) is 0 Å². The van der Waals surface area contributed by atoms with Crippen LogP contribution in [0.2, 0.25) is 0 Å². The van der Waals surface area contributed by atoms with Gasteiger partial charge in [-0.2, -0.15) is 0 Å². The Balaban J connectivity index is 1.91. The van der Waals surface area contributed by atoms with Gasteiger partial charge < -0.3 is 4.74 Å². The van der Waals surface area contributed by atoms with Gasteiger partial charge in [-0.15, -0.1) is 0 Å². The van der Waals surface area contributed by atoms with Crippen LogP contribution >= 0.6 is 0 Å². The van der Waals surface area contributed by atoms with Crippen LogP contribution in [-0.4, -0.2) is 26.5 Å². The summed E-state index contributed by atoms with van der Waals surface area (Å²) in [6, 6.07) is 4.62. The van der Waals surface area contributed by atoms with Gasteiger partial charge in [-0.1, -0.05) is 19.4 Å². The lowest BCUT2D eigenvalue weighted by Gasteiger charge is -2.09. The molecular weight excluding hydrogens is 291 g/mol. The van der Waals surface area contributed by atoms with E-state index in [2.05, 4.69) is 0 Å². The minimum Gasteiger partial charge on any atom is -0.490 e. The number of rotatable bonds is 9. The largest absolute Gasteiger partial charge is 0.490 e. The maximum atomic E-state index is 13.6. The van der Waals surface area contributed by atoms with E-state index in [1.54, 1.807) is 12.1 Å². The fourth-order valence-corrected chi connectivity index (χ4v) is 3.53. The Hall–Kier alpha value is -1.10. The number of benzene rings is 1. The first-order valence-corrected chi connectivity index (χ1v) is 9.44. The summed E-state index contributed by atoms with van der Waals surface area (Å²) in [5.74, 6) is 0.761. The predicted molar refractivity (Wildman–Crippen MR) is 81.9 cm³/mol. The SMILES string of the molecule is CCCCS(=O)(=O)CCc1ccc(F)c(OCC2CC2)c1. The molecule has 1 aliphatic rings. The van der Waals surface area contributed by atoms with Crippen molar-refractivity contribution in [3.63, 3.8) is 0 Å². The molecule has 0 heterocycles. The molecular formula is C16H23FO3S. The molecule has 0 aromatic heterocycles. The minimum absolute atomic E-state index is 0.112. The molecule has 1 aromatic rings. The normalized spacial score (nSPS) is 15.1. The Morgan fingerprint density at radius 3 is 2.71 bits per heavy atom. The maximum Gasteiger partial charge on any atom is 0.165 e. The molecule has 0 aliphatic heterocycles. The van der Waals surface area contributed by atoms with E-state index < -0.39 is 9.84 Å². The Morgan fingerprint density at radius 2 is 2.05 bits per heavy atom. The second-order valence-corrected chi connectivity index (χ2v) is 8.08. The van der Waals surface area contributed by atoms with E-state index in [0.29, 0.717) is 25.4 Å². The second-order valence-electron chi connectivity index (χ2n) is 5.77. The van der Waals surface area contributed by atoms with Crippen molar-refractivity contribution in [1.82, 2.24) is 0 Å². The van der Waals surface area contributed by atoms with Crippen molar-refractivity contribution >= 4 is 9.84 Å². The summed E-state index contributed by atoms with van der Waals surface area (Å²) in [4.78, 5) is 0. The second kappa shape index (κ2) is 7.25. The lowest BCUT2D eigenvalue weighted by atomic mass is 10.1. The fourth-order valence-electron chi connectivity index (χ4n) is 2.05. The van der Waals surface area contributed by atoms with Crippen LogP contribution in [0.25, 0.3) is 0 Å². The molecule has 0 unspecified atom stereocenters. The van der Waals surface area contributed by atoms with Crippen molar-refractivity contribution in [2.75, 3.05) is 18.1 Å². The number of hydrogen-bond donors (Lipinski definition) is 0. The van der Waals surface area contributed by atoms with Crippen molar-refractivity contribution in [2.24, 2.45) is 5.92 Å². The van der Waals surface area contributed by atoms with Crippen molar-refractivity contribution in [1.29, 1.82) is 0 Å². The van der Waals surface area contributed by atoms with Gasteiger partial charge in [0.15, 0.2) is 21.4 Å². The molecule has 0 bridgehead atoms. The van der Waals surface area contributed by atoms with E-state index in [-0.39, 0.29) is 23.1 Å². The lowest BCUT2D eigenvalue weighted by molar-refractivity contribution is 0.285. The summed E-state index contributed by atoms with van der Waals surface area (Å²) in [5, 5.41) is 0. The molecule has 0 atom stereocenters. The number of sulfone groups is 1. The molecule has 118 valence electrons. The first kappa shape index (κ1) is 16.3. The van der Waals surface area contributed by atoms with Crippen LogP contribution in [0.1, 0.15) is 38.2 Å². The first-order valence-electron chi connectivity index (χ1n) is 7.62. The fraction of sp³-hybridized carbons (Fsp3) is 0.625. The molecule has 0 spiro atoms. The topological polar surface area (TPSA) is 43.4 Å². The summed E-state index contributed by atoms with van der Waals surface area (Å²) in [6.07, 6.45) is 4.27. The molecule has 1 aromatic carbocycles. The summed E-state index contributed by atoms with van der Waals surface area (Å²) in [5.41, 5.74) is 0.808. The highest BCUT2D eigenvalue weighted by Gasteiger charge is 2.22. The summed E-state index contributed by atoms with van der Waals surface area (Å²) < 4.78 is 42.8. The van der Waals surface area contributed by atoms with Gasteiger partial charge >= 0.3 is 0 Å². The zero-order valence-electron chi connectivity index (χ0n) is 12.5. The van der Waals surface area contributed by atoms with Gasteiger partial charge in [0.2, 0.25) is 0 Å². The van der Waals surface area contributed by atoms with Crippen LogP contribution in [0.3, 0.4) is 0 Å². The summed E-state index contributed by atoms with van der Waals surface area (Å²) >= 11 is 0. The van der Waals surface area contributed by atoms with E-state index in [0.717, 1.165) is 24.8 Å². The third-order valence-electron chi connectivity index (χ3n) is 3.68. The van der Waals surface area contributed by atoms with Crippen LogP contribution in [0.4, 0.5) is 4.39 Å². The lowest BCUT2D eigenvalue weighted by Crippen LogP contribution is -2.13. The van der Waals surface area contributed by atoms with Gasteiger partial charge in [0.05, 0.1) is 18.1 Å². The minimum atomic E-state index is -3.02. The number of aryl methyl sites for hydroxylation is 1. The highest BCUT2D eigenvalue weighted by atomic mass is 32.2. The van der Waals surface area contributed by atoms with Gasteiger partial charge in [-0.25, -0.2) is 12.8 Å². The van der Waals surface area contributed by atoms with Crippen molar-refractivity contribution in [3.05, 3.63) is 29.6 Å². The highest BCUT2D eigenvalue weighted by molar-refractivity contribution is 7.91. The molecule has 5 heteroatoms. The summed E-state index contributed by atoms with van der Waals surface area (Å²) in [6.45, 7) is 2.52. The first-order chi connectivity index (χ1) is 10.00. The highest BCUT2D eigenvalue weighted by Crippen LogP contribution is 2.30. The number of hydrogen-bond acceptors (Lipinski definition) is 3. The van der Waals surface area contributed by atoms with E-state index in [1.807, 2.05) is 6.92 Å². The van der Waals surface area contributed by atoms with Gasteiger partial charge in [0.1, 0.15) is 0 Å². The molecule has 0 radical (unpaired) electrons. The van der Waals surface area contributed by atoms with Crippen LogP contribution in [0.15, 0.2) is 18.2 Å². The Morgan fingerprint density at radius 1 is 1.29 bits per heavy atom. The van der Waals surface area contributed by atoms with Gasteiger partial charge in [0.25, 0.3) is 0 Å². The Labute approximate surface area is 126 Å². The molecule has 1 fully saturated rings. The zero-order chi connectivity index (χ0) is 15.3. The third-order valence-corrected chi connectivity index (χ3v) is 5.41. The van der Waals surface area contributed by atoms with Gasteiger partial charge in [0, 0.05) is 0 Å². The van der Waals surface area contributed by atoms with Crippen molar-refractivity contribution < 1.29 is 17.5 Å². The molecule has 1 saturated carbocycles. The van der Waals surface area contributed by atoms with Gasteiger partial charge in [-0.05, 0) is 49.3 Å². The average Bonchev–Trinajstić information content (AvgIpc) is 3.27. The number of ether oxygens (including phenoxy) is 1. The average molecular weight is 314 g/mol. The van der Waals surface area contributed by atoms with Crippen molar-refractivity contribution in [3.8, 4) is 5.75 Å². The predicted octanol–water partition coefficient (Wildman–Crippen LogP) is 3.37. The standard InChI is InChI=1S/C16H23FO3S/c1-2-3-9-21(18,19)10-8-13-6-7-15(17)16(11-13)20-12-14-4-5-14/h6-7,11,14H,2-5,8-10,12H2,1H3. The molecule has 0 saturated heterocycles. The van der Waals surface area contributed by atoms with E-state index >= 15 is 0 Å². The smallest absolute Gasteiger partial charge is 0.165 e. The quantitative estimate of drug-likeness (QED) is 0.702. The van der Waals surface area contributed by atoms with Crippen LogP contribution in [-0.2, 0) is 16.3 Å². The Bertz CT molecular complexity index is 565. The number of unbranched alkanes of at least 4 members (excludes halogenated alkanes) is 1. The third kappa shape index (κ3) is 5.65. The number of halogens is 1. The van der Waals surface area contributed by atoms with E-state index in [1.165, 1.54) is 6.07 Å². The molecule has 0 amide bonds. The molecule has 0 N–H and O–H groups in total. The van der Waals surface area contributed by atoms with Crippen LogP contribution in [0, 0.1) is 11.7 Å².